The Hall–Kier alpha value is -0.990. The number of carbonyl (C=O) groups is 1. The van der Waals surface area contributed by atoms with Crippen LogP contribution in [0.15, 0.2) is 0 Å². The molecule has 0 aliphatic carbocycles. The lowest BCUT2D eigenvalue weighted by atomic mass is 9.86. The van der Waals surface area contributed by atoms with Crippen LogP contribution in [0, 0.1) is 0 Å². The zero-order valence-corrected chi connectivity index (χ0v) is 12.1. The molecule has 0 N–H and O–H groups in total. The Morgan fingerprint density at radius 1 is 1.05 bits per heavy atom. The number of ether oxygens (including phenoxy) is 2. The van der Waals surface area contributed by atoms with E-state index >= 15 is 0 Å². The SMILES string of the molecule is CC1(C2OS(=O)(=O)OC23COS(=O)(=O)OC3)COC(=O)O1. The standard InChI is InChI=1S/C8H10O11S2/c1-7(2-14-6(9)17-7)5-8(19-21(12,13)18-5)3-15-20(10,11)16-4-8/h5H,2-4H2,1H3. The van der Waals surface area contributed by atoms with Crippen molar-refractivity contribution in [3.8, 4) is 0 Å². The van der Waals surface area contributed by atoms with E-state index < -0.39 is 57.5 Å². The summed E-state index contributed by atoms with van der Waals surface area (Å²) in [6.07, 6.45) is -2.40. The lowest BCUT2D eigenvalue weighted by Crippen LogP contribution is -2.61. The Labute approximate surface area is 119 Å². The van der Waals surface area contributed by atoms with Crippen molar-refractivity contribution in [1.82, 2.24) is 0 Å². The number of hydrogen-bond donors (Lipinski definition) is 0. The number of rotatable bonds is 1. The smallest absolute Gasteiger partial charge is 0.430 e. The van der Waals surface area contributed by atoms with E-state index in [0.29, 0.717) is 0 Å². The van der Waals surface area contributed by atoms with Crippen molar-refractivity contribution in [3.05, 3.63) is 0 Å². The summed E-state index contributed by atoms with van der Waals surface area (Å²) >= 11 is 0. The summed E-state index contributed by atoms with van der Waals surface area (Å²) in [7, 11) is -8.67. The quantitative estimate of drug-likeness (QED) is 0.518. The Balaban J connectivity index is 1.96. The van der Waals surface area contributed by atoms with Crippen LogP contribution in [-0.2, 0) is 47.0 Å². The molecule has 0 amide bonds. The first-order valence-electron chi connectivity index (χ1n) is 5.59. The van der Waals surface area contributed by atoms with Crippen molar-refractivity contribution in [3.63, 3.8) is 0 Å². The van der Waals surface area contributed by atoms with Crippen LogP contribution in [0.1, 0.15) is 6.92 Å². The third kappa shape index (κ3) is 2.49. The molecule has 3 saturated heterocycles. The molecule has 120 valence electrons. The molecule has 2 atom stereocenters. The van der Waals surface area contributed by atoms with Crippen LogP contribution in [0.5, 0.6) is 0 Å². The minimum Gasteiger partial charge on any atom is -0.430 e. The molecule has 0 bridgehead atoms. The third-order valence-electron chi connectivity index (χ3n) is 3.20. The predicted octanol–water partition coefficient (Wildman–Crippen LogP) is -1.40. The van der Waals surface area contributed by atoms with E-state index in [2.05, 4.69) is 13.1 Å². The van der Waals surface area contributed by atoms with E-state index in [1.807, 2.05) is 0 Å². The fourth-order valence-electron chi connectivity index (χ4n) is 2.33. The Morgan fingerprint density at radius 2 is 1.67 bits per heavy atom. The van der Waals surface area contributed by atoms with Gasteiger partial charge in [0.2, 0.25) is 0 Å². The van der Waals surface area contributed by atoms with Gasteiger partial charge in [0.15, 0.2) is 17.3 Å². The summed E-state index contributed by atoms with van der Waals surface area (Å²) in [5.41, 5.74) is -3.30. The topological polar surface area (TPSA) is 141 Å². The van der Waals surface area contributed by atoms with Gasteiger partial charge in [0.1, 0.15) is 19.8 Å². The molecule has 11 nitrogen and oxygen atoms in total. The molecule has 13 heteroatoms. The van der Waals surface area contributed by atoms with Gasteiger partial charge in [-0.2, -0.15) is 16.8 Å². The second-order valence-electron chi connectivity index (χ2n) is 4.92. The van der Waals surface area contributed by atoms with E-state index in [1.54, 1.807) is 0 Å². The Bertz CT molecular complexity index is 665. The number of carbonyl (C=O) groups excluding carboxylic acids is 1. The summed E-state index contributed by atoms with van der Waals surface area (Å²) in [5.74, 6) is 0. The highest BCUT2D eigenvalue weighted by atomic mass is 32.3. The molecule has 0 aromatic rings. The van der Waals surface area contributed by atoms with Gasteiger partial charge in [-0.25, -0.2) is 21.5 Å². The number of hydrogen-bond acceptors (Lipinski definition) is 11. The van der Waals surface area contributed by atoms with Crippen LogP contribution >= 0.6 is 0 Å². The highest BCUT2D eigenvalue weighted by Crippen LogP contribution is 2.43. The number of cyclic esters (lactones) is 2. The molecule has 21 heavy (non-hydrogen) atoms. The largest absolute Gasteiger partial charge is 0.509 e. The highest BCUT2D eigenvalue weighted by Gasteiger charge is 2.66. The zero-order chi connectivity index (χ0) is 15.5. The van der Waals surface area contributed by atoms with Gasteiger partial charge >= 0.3 is 27.0 Å². The van der Waals surface area contributed by atoms with Crippen LogP contribution in [0.4, 0.5) is 4.79 Å². The highest BCUT2D eigenvalue weighted by molar-refractivity contribution is 7.82. The summed E-state index contributed by atoms with van der Waals surface area (Å²) in [4.78, 5) is 11.1. The molecule has 1 spiro atoms. The van der Waals surface area contributed by atoms with Crippen molar-refractivity contribution >= 4 is 27.0 Å². The second-order valence-corrected chi connectivity index (χ2v) is 7.38. The van der Waals surface area contributed by atoms with Gasteiger partial charge in [-0.3, -0.25) is 0 Å². The van der Waals surface area contributed by atoms with Gasteiger partial charge in [-0.05, 0) is 6.92 Å². The van der Waals surface area contributed by atoms with Crippen molar-refractivity contribution < 1.29 is 47.8 Å². The fraction of sp³-hybridized carbons (Fsp3) is 0.875. The average molecular weight is 346 g/mol. The molecule has 3 aliphatic heterocycles. The summed E-state index contributed by atoms with van der Waals surface area (Å²) in [6, 6.07) is 0. The minimum atomic E-state index is -4.44. The van der Waals surface area contributed by atoms with E-state index in [1.165, 1.54) is 6.92 Å². The van der Waals surface area contributed by atoms with E-state index in [9.17, 15) is 21.6 Å². The molecule has 0 aromatic heterocycles. The predicted molar refractivity (Wildman–Crippen MR) is 59.3 cm³/mol. The average Bonchev–Trinajstić information content (AvgIpc) is 2.83. The first-order chi connectivity index (χ1) is 9.56. The minimum absolute atomic E-state index is 0.302. The maximum absolute atomic E-state index is 11.6. The molecule has 3 heterocycles. The van der Waals surface area contributed by atoms with Crippen molar-refractivity contribution in [2.45, 2.75) is 24.2 Å². The Kier molecular flexibility index (Phi) is 3.03. The molecule has 3 aliphatic rings. The molecule has 0 aromatic carbocycles. The second kappa shape index (κ2) is 4.27. The van der Waals surface area contributed by atoms with Crippen LogP contribution in [0.2, 0.25) is 0 Å². The van der Waals surface area contributed by atoms with Crippen LogP contribution in [-0.4, -0.2) is 60.1 Å². The monoisotopic (exact) mass is 346 g/mol. The lowest BCUT2D eigenvalue weighted by molar-refractivity contribution is -0.126. The zero-order valence-electron chi connectivity index (χ0n) is 10.5. The normalized spacial score (nSPS) is 39.9. The molecular weight excluding hydrogens is 336 g/mol. The first kappa shape index (κ1) is 14.9. The maximum Gasteiger partial charge on any atom is 0.509 e. The van der Waals surface area contributed by atoms with Crippen LogP contribution < -0.4 is 0 Å². The molecule has 3 fully saturated rings. The Morgan fingerprint density at radius 3 is 2.19 bits per heavy atom. The van der Waals surface area contributed by atoms with E-state index in [0.717, 1.165) is 0 Å². The van der Waals surface area contributed by atoms with Gasteiger partial charge in [0.05, 0.1) is 0 Å². The fourth-order valence-corrected chi connectivity index (χ4v) is 4.33. The molecule has 0 saturated carbocycles. The maximum atomic E-state index is 11.6. The van der Waals surface area contributed by atoms with Gasteiger partial charge in [-0.15, -0.1) is 0 Å². The summed E-state index contributed by atoms with van der Waals surface area (Å²) in [6.45, 7) is -0.291. The van der Waals surface area contributed by atoms with Crippen molar-refractivity contribution in [2.75, 3.05) is 19.8 Å². The van der Waals surface area contributed by atoms with Crippen molar-refractivity contribution in [2.24, 2.45) is 0 Å². The third-order valence-corrected chi connectivity index (χ3v) is 4.98. The summed E-state index contributed by atoms with van der Waals surface area (Å²) < 4.78 is 73.4. The van der Waals surface area contributed by atoms with Gasteiger partial charge < -0.3 is 9.47 Å². The van der Waals surface area contributed by atoms with E-state index in [-0.39, 0.29) is 6.61 Å². The molecular formula is C8H10O11S2. The van der Waals surface area contributed by atoms with Gasteiger partial charge in [0, 0.05) is 0 Å². The summed E-state index contributed by atoms with van der Waals surface area (Å²) in [5, 5.41) is 0. The van der Waals surface area contributed by atoms with Crippen LogP contribution in [0.25, 0.3) is 0 Å². The van der Waals surface area contributed by atoms with E-state index in [4.69, 9.17) is 13.1 Å². The van der Waals surface area contributed by atoms with Crippen molar-refractivity contribution in [1.29, 1.82) is 0 Å². The lowest BCUT2D eigenvalue weighted by Gasteiger charge is -2.37. The van der Waals surface area contributed by atoms with Crippen LogP contribution in [0.3, 0.4) is 0 Å². The first-order valence-corrected chi connectivity index (χ1v) is 8.26. The van der Waals surface area contributed by atoms with Gasteiger partial charge in [-0.1, -0.05) is 0 Å². The molecule has 3 rings (SSSR count). The molecule has 2 unspecified atom stereocenters. The van der Waals surface area contributed by atoms with Gasteiger partial charge in [0.25, 0.3) is 0 Å². The molecule has 0 radical (unpaired) electrons.